The summed E-state index contributed by atoms with van der Waals surface area (Å²) in [6.45, 7) is 15.5. The molecule has 2 aliphatic heterocycles. The predicted molar refractivity (Wildman–Crippen MR) is 233 cm³/mol. The van der Waals surface area contributed by atoms with Gasteiger partial charge in [0, 0.05) is 24.0 Å². The van der Waals surface area contributed by atoms with Crippen LogP contribution in [0.15, 0.2) is 86.0 Å². The summed E-state index contributed by atoms with van der Waals surface area (Å²) in [5, 5.41) is 5.69. The van der Waals surface area contributed by atoms with Crippen LogP contribution < -0.4 is 10.6 Å². The van der Waals surface area contributed by atoms with E-state index >= 15 is 0 Å². The number of hydrogen-bond acceptors (Lipinski definition) is 15. The lowest BCUT2D eigenvalue weighted by Crippen LogP contribution is -2.32. The summed E-state index contributed by atoms with van der Waals surface area (Å²) >= 11 is 0. The van der Waals surface area contributed by atoms with Gasteiger partial charge in [-0.15, -0.1) is 0 Å². The molecule has 6 heterocycles. The van der Waals surface area contributed by atoms with Crippen molar-refractivity contribution in [2.45, 2.75) is 89.6 Å². The summed E-state index contributed by atoms with van der Waals surface area (Å²) in [6.07, 6.45) is 3.27. The number of hydrogen-bond donors (Lipinski definition) is 2. The van der Waals surface area contributed by atoms with E-state index in [0.717, 1.165) is 0 Å². The van der Waals surface area contributed by atoms with E-state index in [-0.39, 0.29) is 62.0 Å². The molecular weight excluding hydrogens is 846 g/mol. The molecule has 0 aliphatic carbocycles. The number of anilines is 2. The minimum absolute atomic E-state index is 0.0301. The van der Waals surface area contributed by atoms with E-state index < -0.39 is 45.5 Å². The molecule has 8 rings (SSSR count). The molecule has 334 valence electrons. The first-order valence-electron chi connectivity index (χ1n) is 20.9. The van der Waals surface area contributed by atoms with Gasteiger partial charge in [-0.05, 0) is 52.0 Å². The van der Waals surface area contributed by atoms with Crippen molar-refractivity contribution in [2.24, 2.45) is 0 Å². The summed E-state index contributed by atoms with van der Waals surface area (Å²) in [5.74, 6) is -0.123. The first-order valence-corrected chi connectivity index (χ1v) is 22.0. The number of nitrogens with zero attached hydrogens (tertiary/aromatic N) is 9. The highest BCUT2D eigenvalue weighted by molar-refractivity contribution is 7.41. The van der Waals surface area contributed by atoms with Gasteiger partial charge in [-0.2, -0.15) is 0 Å². The molecular formula is C43H48N11O9P. The summed E-state index contributed by atoms with van der Waals surface area (Å²) in [5.41, 5.74) is 2.67. The largest absolute Gasteiger partial charge is 0.376 e. The molecule has 64 heavy (non-hydrogen) atoms. The van der Waals surface area contributed by atoms with E-state index in [2.05, 4.69) is 45.4 Å². The van der Waals surface area contributed by atoms with Gasteiger partial charge in [0.05, 0.1) is 50.3 Å². The second kappa shape index (κ2) is 20.7. The SMILES string of the molecule is [C-]#[N+]CCOP(OC[C@H]1O[C@@H](n2cnc3c(NC(=O)c4ccccc4)ncnc32)C[C@H]1OC(C)C)O[C@@H]1C[C@H](n2cnc3c(NC(=O)c4ccccc4)ncnc32)O[C@@H]1COC(C)C. The Bertz CT molecular complexity index is 2560. The average Bonchev–Trinajstić information content (AvgIpc) is 4.11. The molecule has 2 saturated heterocycles. The standard InChI is InChI=1S/C43H48N11O9P/c1-26(2)57-20-32-31(19-35(61-32)54-25-50-37-39(46-23-48-41(37)54)52-43(56)29-14-10-7-11-15-29)63-64(58-17-16-44-5)59-21-33-30(60-27(3)4)18-34(62-33)53-24-49-36-38(45-22-47-40(36)53)51-42(55)28-12-8-6-9-13-28/h6-15,22-27,30-35H,16-21H2,1-4H3,(H,45,47,51,55)(H,46,48,52,56)/t30-,31-,32-,33-,34-,35-,64?/m1/s1. The maximum atomic E-state index is 13.0. The molecule has 2 aliphatic rings. The van der Waals surface area contributed by atoms with Crippen LogP contribution in [0.1, 0.15) is 73.7 Å². The van der Waals surface area contributed by atoms with Crippen LogP contribution in [-0.2, 0) is 32.5 Å². The fourth-order valence-electron chi connectivity index (χ4n) is 7.28. The summed E-state index contributed by atoms with van der Waals surface area (Å²) < 4.78 is 48.2. The zero-order valence-electron chi connectivity index (χ0n) is 35.6. The number of ether oxygens (including phenoxy) is 4. The average molecular weight is 894 g/mol. The van der Waals surface area contributed by atoms with Crippen LogP contribution in [0.4, 0.5) is 11.6 Å². The van der Waals surface area contributed by atoms with Gasteiger partial charge in [-0.3, -0.25) is 18.7 Å². The van der Waals surface area contributed by atoms with Crippen LogP contribution in [0.5, 0.6) is 0 Å². The number of rotatable bonds is 19. The quantitative estimate of drug-likeness (QED) is 0.0503. The monoisotopic (exact) mass is 893 g/mol. The third-order valence-corrected chi connectivity index (χ3v) is 11.4. The van der Waals surface area contributed by atoms with Crippen molar-refractivity contribution in [3.63, 3.8) is 0 Å². The summed E-state index contributed by atoms with van der Waals surface area (Å²) in [7, 11) is -2.05. The minimum atomic E-state index is -2.05. The molecule has 6 aromatic rings. The number of aromatic nitrogens is 8. The molecule has 20 nitrogen and oxygen atoms in total. The highest BCUT2D eigenvalue weighted by atomic mass is 31.2. The first-order chi connectivity index (χ1) is 31.1. The van der Waals surface area contributed by atoms with E-state index in [1.807, 2.05) is 39.8 Å². The van der Waals surface area contributed by atoms with Gasteiger partial charge in [0.1, 0.15) is 43.9 Å². The molecule has 4 aromatic heterocycles. The topological polar surface area (TPSA) is 214 Å². The van der Waals surface area contributed by atoms with Crippen LogP contribution in [0, 0.1) is 6.57 Å². The third-order valence-electron chi connectivity index (χ3n) is 10.2. The van der Waals surface area contributed by atoms with Gasteiger partial charge >= 0.3 is 8.60 Å². The highest BCUT2D eigenvalue weighted by Crippen LogP contribution is 2.47. The molecule has 2 amide bonds. The van der Waals surface area contributed by atoms with Gasteiger partial charge in [-0.25, -0.2) is 36.5 Å². The Labute approximate surface area is 369 Å². The molecule has 1 unspecified atom stereocenters. The number of imidazole rings is 2. The fourth-order valence-corrected chi connectivity index (χ4v) is 8.42. The zero-order valence-corrected chi connectivity index (χ0v) is 36.5. The number of carbonyl (C=O) groups excluding carboxylic acids is 2. The Morgan fingerprint density at radius 1 is 0.734 bits per heavy atom. The van der Waals surface area contributed by atoms with Gasteiger partial charge < -0.3 is 48.0 Å². The smallest absolute Gasteiger partial charge is 0.333 e. The molecule has 7 atom stereocenters. The zero-order chi connectivity index (χ0) is 44.6. The van der Waals surface area contributed by atoms with Crippen molar-refractivity contribution in [1.82, 2.24) is 39.0 Å². The van der Waals surface area contributed by atoms with Crippen molar-refractivity contribution in [2.75, 3.05) is 37.0 Å². The second-order valence-corrected chi connectivity index (χ2v) is 16.6. The number of amides is 2. The Morgan fingerprint density at radius 3 is 1.78 bits per heavy atom. The third kappa shape index (κ3) is 10.6. The molecule has 2 N–H and O–H groups in total. The molecule has 0 bridgehead atoms. The van der Waals surface area contributed by atoms with Gasteiger partial charge in [0.15, 0.2) is 34.0 Å². The number of benzene rings is 2. The van der Waals surface area contributed by atoms with Crippen molar-refractivity contribution < 1.29 is 42.1 Å². The van der Waals surface area contributed by atoms with E-state index in [9.17, 15) is 9.59 Å². The highest BCUT2D eigenvalue weighted by Gasteiger charge is 2.43. The lowest BCUT2D eigenvalue weighted by Gasteiger charge is -2.26. The van der Waals surface area contributed by atoms with E-state index in [1.165, 1.54) is 12.7 Å². The Kier molecular flexibility index (Phi) is 14.5. The maximum Gasteiger partial charge on any atom is 0.333 e. The van der Waals surface area contributed by atoms with Crippen molar-refractivity contribution in [3.05, 3.63) is 109 Å². The van der Waals surface area contributed by atoms with E-state index in [0.29, 0.717) is 46.3 Å². The minimum Gasteiger partial charge on any atom is -0.376 e. The van der Waals surface area contributed by atoms with Crippen molar-refractivity contribution >= 4 is 54.4 Å². The molecule has 2 aromatic carbocycles. The van der Waals surface area contributed by atoms with Crippen molar-refractivity contribution in [1.29, 1.82) is 0 Å². The maximum absolute atomic E-state index is 13.0. The molecule has 21 heteroatoms. The number of nitrogens with one attached hydrogen (secondary N) is 2. The molecule has 0 radical (unpaired) electrons. The summed E-state index contributed by atoms with van der Waals surface area (Å²) in [6, 6.07) is 17.7. The number of fused-ring (bicyclic) bond motifs is 2. The predicted octanol–water partition coefficient (Wildman–Crippen LogP) is 6.53. The van der Waals surface area contributed by atoms with Crippen LogP contribution in [0.2, 0.25) is 0 Å². The molecule has 2 fully saturated rings. The lowest BCUT2D eigenvalue weighted by atomic mass is 10.2. The van der Waals surface area contributed by atoms with E-state index in [1.54, 1.807) is 70.3 Å². The summed E-state index contributed by atoms with van der Waals surface area (Å²) in [4.78, 5) is 56.1. The van der Waals surface area contributed by atoms with Gasteiger partial charge in [0.2, 0.25) is 6.54 Å². The normalized spacial score (nSPS) is 21.5. The van der Waals surface area contributed by atoms with Crippen LogP contribution in [-0.4, -0.2) is 114 Å². The van der Waals surface area contributed by atoms with Gasteiger partial charge in [-0.1, -0.05) is 36.4 Å². The Balaban J connectivity index is 0.974. The molecule has 0 spiro atoms. The van der Waals surface area contributed by atoms with Gasteiger partial charge in [0.25, 0.3) is 11.8 Å². The Hall–Kier alpha value is -5.88. The van der Waals surface area contributed by atoms with E-state index in [4.69, 9.17) is 39.1 Å². The Morgan fingerprint density at radius 2 is 1.27 bits per heavy atom. The first kappa shape index (κ1) is 44.7. The molecule has 0 saturated carbocycles. The lowest BCUT2D eigenvalue weighted by molar-refractivity contribution is -0.0795. The number of carbonyl (C=O) groups is 2. The van der Waals surface area contributed by atoms with Crippen LogP contribution in [0.25, 0.3) is 27.2 Å². The fraction of sp³-hybridized carbons (Fsp3) is 0.419. The van der Waals surface area contributed by atoms with Crippen LogP contribution in [0.3, 0.4) is 0 Å². The second-order valence-electron chi connectivity index (χ2n) is 15.4. The van der Waals surface area contributed by atoms with Crippen LogP contribution >= 0.6 is 8.60 Å². The van der Waals surface area contributed by atoms with Crippen molar-refractivity contribution in [3.8, 4) is 0 Å².